The maximum atomic E-state index is 8.10. The number of azide groups is 1. The lowest BCUT2D eigenvalue weighted by molar-refractivity contribution is 1.04. The van der Waals surface area contributed by atoms with E-state index in [2.05, 4.69) is 20.0 Å². The first kappa shape index (κ1) is 7.50. The van der Waals surface area contributed by atoms with Crippen LogP contribution in [0.2, 0.25) is 0 Å². The lowest BCUT2D eigenvalue weighted by atomic mass is 10.4. The zero-order chi connectivity index (χ0) is 8.27. The van der Waals surface area contributed by atoms with E-state index in [4.69, 9.17) is 5.53 Å². The minimum Gasteiger partial charge on any atom is -0.255 e. The zero-order valence-electron chi connectivity index (χ0n) is 6.31. The van der Waals surface area contributed by atoms with Crippen LogP contribution < -0.4 is 0 Å². The first-order valence-corrected chi connectivity index (χ1v) is 3.09. The zero-order valence-corrected chi connectivity index (χ0v) is 6.31. The molecule has 56 valence electrons. The monoisotopic (exact) mass is 150 g/mol. The van der Waals surface area contributed by atoms with Crippen LogP contribution in [0, 0.1) is 13.8 Å². The minimum atomic E-state index is 0.345. The van der Waals surface area contributed by atoms with E-state index in [1.54, 1.807) is 13.1 Å². The normalized spacial score (nSPS) is 8.91. The molecule has 0 bridgehead atoms. The highest BCUT2D eigenvalue weighted by atomic mass is 15.5. The van der Waals surface area contributed by atoms with Crippen molar-refractivity contribution in [3.8, 4) is 0 Å². The molecule has 5 heteroatoms. The molecule has 0 aliphatic heterocycles. The molecule has 1 aromatic heterocycles. The van der Waals surface area contributed by atoms with Gasteiger partial charge < -0.3 is 0 Å². The van der Waals surface area contributed by atoms with E-state index >= 15 is 0 Å². The Morgan fingerprint density at radius 3 is 2.82 bits per heavy atom. The fraction of sp³-hybridized carbons (Fsp3) is 0.333. The van der Waals surface area contributed by atoms with Gasteiger partial charge in [0.15, 0.2) is 0 Å². The van der Waals surface area contributed by atoms with Gasteiger partial charge in [0.25, 0.3) is 0 Å². The van der Waals surface area contributed by atoms with E-state index in [1.165, 1.54) is 0 Å². The Labute approximate surface area is 63.7 Å². The van der Waals surface area contributed by atoms with Crippen LogP contribution in [0.1, 0.15) is 11.4 Å². The van der Waals surface area contributed by atoms with Crippen LogP contribution in [0.3, 0.4) is 0 Å². The summed E-state index contributed by atoms with van der Waals surface area (Å²) < 4.78 is 0. The molecule has 1 heterocycles. The summed E-state index contributed by atoms with van der Waals surface area (Å²) in [6.45, 7) is 3.59. The SMILES string of the molecule is Cc1c[15n]c(N=[N+]=[N-])c(C)n1. The molecule has 0 unspecified atom stereocenters. The van der Waals surface area contributed by atoms with Crippen molar-refractivity contribution in [2.24, 2.45) is 5.11 Å². The van der Waals surface area contributed by atoms with Crippen LogP contribution in [0.15, 0.2) is 11.3 Å². The van der Waals surface area contributed by atoms with Crippen LogP contribution in [0.25, 0.3) is 10.4 Å². The van der Waals surface area contributed by atoms with Crippen molar-refractivity contribution in [3.05, 3.63) is 28.0 Å². The fourth-order valence-corrected chi connectivity index (χ4v) is 0.732. The third-order valence-electron chi connectivity index (χ3n) is 1.18. The van der Waals surface area contributed by atoms with Crippen molar-refractivity contribution in [2.75, 3.05) is 0 Å². The van der Waals surface area contributed by atoms with Crippen LogP contribution in [0.5, 0.6) is 0 Å². The average molecular weight is 150 g/mol. The number of rotatable bonds is 1. The van der Waals surface area contributed by atoms with E-state index in [1.807, 2.05) is 6.92 Å². The van der Waals surface area contributed by atoms with E-state index in [-0.39, 0.29) is 0 Å². The summed E-state index contributed by atoms with van der Waals surface area (Å²) in [4.78, 5) is 10.6. The molecule has 1 aromatic rings. The van der Waals surface area contributed by atoms with Gasteiger partial charge >= 0.3 is 0 Å². The van der Waals surface area contributed by atoms with Gasteiger partial charge in [-0.2, -0.15) is 0 Å². The van der Waals surface area contributed by atoms with Gasteiger partial charge in [-0.1, -0.05) is 0 Å². The van der Waals surface area contributed by atoms with Gasteiger partial charge in [0.05, 0.1) is 11.4 Å². The van der Waals surface area contributed by atoms with Crippen molar-refractivity contribution in [1.82, 2.24) is 9.97 Å². The quantitative estimate of drug-likeness (QED) is 0.349. The van der Waals surface area contributed by atoms with Crippen LogP contribution >= 0.6 is 0 Å². The molecule has 0 saturated heterocycles. The summed E-state index contributed by atoms with van der Waals surface area (Å²) in [6, 6.07) is 0. The molecule has 0 spiro atoms. The smallest absolute Gasteiger partial charge is 0.147 e. The lowest BCUT2D eigenvalue weighted by Gasteiger charge is -1.96. The highest BCUT2D eigenvalue weighted by Crippen LogP contribution is 2.11. The molecular formula is C6H7N5. The molecule has 0 aromatic carbocycles. The third-order valence-corrected chi connectivity index (χ3v) is 1.18. The second-order valence-corrected chi connectivity index (χ2v) is 2.11. The Kier molecular flexibility index (Phi) is 2.03. The van der Waals surface area contributed by atoms with Gasteiger partial charge in [0, 0.05) is 11.1 Å². The predicted molar refractivity (Wildman–Crippen MR) is 40.3 cm³/mol. The first-order chi connectivity index (χ1) is 5.24. The molecule has 0 fully saturated rings. The number of aromatic nitrogens is 2. The largest absolute Gasteiger partial charge is 0.255 e. The van der Waals surface area contributed by atoms with Crippen molar-refractivity contribution < 1.29 is 0 Å². The summed E-state index contributed by atoms with van der Waals surface area (Å²) in [6.07, 6.45) is 1.57. The molecule has 1 rings (SSSR count). The van der Waals surface area contributed by atoms with E-state index in [9.17, 15) is 0 Å². The van der Waals surface area contributed by atoms with E-state index in [0.29, 0.717) is 11.5 Å². The number of aryl methyl sites for hydroxylation is 2. The molecule has 0 N–H and O–H groups in total. The molecule has 0 radical (unpaired) electrons. The lowest BCUT2D eigenvalue weighted by Crippen LogP contribution is -1.87. The Morgan fingerprint density at radius 1 is 1.55 bits per heavy atom. The molecule has 0 saturated carbocycles. The first-order valence-electron chi connectivity index (χ1n) is 3.09. The Bertz CT molecular complexity index is 313. The van der Waals surface area contributed by atoms with Gasteiger partial charge in [-0.05, 0) is 24.5 Å². The predicted octanol–water partition coefficient (Wildman–Crippen LogP) is 2.04. The summed E-state index contributed by atoms with van der Waals surface area (Å²) >= 11 is 0. The summed E-state index contributed by atoms with van der Waals surface area (Å²) in [5.41, 5.74) is 9.58. The molecule has 5 nitrogen and oxygen atoms in total. The Balaban J connectivity index is 3.19. The molecule has 0 aliphatic rings. The van der Waals surface area contributed by atoms with Crippen molar-refractivity contribution >= 4 is 5.82 Å². The van der Waals surface area contributed by atoms with Crippen molar-refractivity contribution in [2.45, 2.75) is 13.8 Å². The number of hydrogen-bond donors (Lipinski definition) is 0. The van der Waals surface area contributed by atoms with Crippen molar-refractivity contribution in [1.29, 1.82) is 0 Å². The van der Waals surface area contributed by atoms with E-state index < -0.39 is 0 Å². The fourth-order valence-electron chi connectivity index (χ4n) is 0.732. The Morgan fingerprint density at radius 2 is 2.27 bits per heavy atom. The van der Waals surface area contributed by atoms with Crippen LogP contribution in [0.4, 0.5) is 5.82 Å². The molecule has 11 heavy (non-hydrogen) atoms. The number of nitrogens with zero attached hydrogens (tertiary/aromatic N) is 5. The molecule has 0 aliphatic carbocycles. The minimum absolute atomic E-state index is 0.345. The standard InChI is InChI=1S/C6H7N5/c1-4-3-8-6(10-11-7)5(2)9-4/h3H,1-2H3/i8+1. The maximum Gasteiger partial charge on any atom is 0.147 e. The summed E-state index contributed by atoms with van der Waals surface area (Å²) in [5, 5.41) is 3.35. The van der Waals surface area contributed by atoms with Crippen LogP contribution in [-0.4, -0.2) is 9.97 Å². The van der Waals surface area contributed by atoms with Crippen LogP contribution in [-0.2, 0) is 0 Å². The number of hydrogen-bond acceptors (Lipinski definition) is 3. The second-order valence-electron chi connectivity index (χ2n) is 2.11. The van der Waals surface area contributed by atoms with Gasteiger partial charge in [0.2, 0.25) is 0 Å². The third kappa shape index (κ3) is 1.65. The molecular weight excluding hydrogens is 143 g/mol. The van der Waals surface area contributed by atoms with Gasteiger partial charge in [-0.25, -0.2) is 0 Å². The second kappa shape index (κ2) is 2.98. The highest BCUT2D eigenvalue weighted by Gasteiger charge is 1.96. The van der Waals surface area contributed by atoms with Gasteiger partial charge in [-0.3, -0.25) is 9.97 Å². The topological polar surface area (TPSA) is 74.5 Å². The van der Waals surface area contributed by atoms with Gasteiger partial charge in [-0.15, -0.1) is 0 Å². The molecule has 0 atom stereocenters. The molecule has 0 amide bonds. The summed E-state index contributed by atoms with van der Waals surface area (Å²) in [5.74, 6) is 0.345. The maximum absolute atomic E-state index is 8.10. The van der Waals surface area contributed by atoms with Crippen molar-refractivity contribution in [3.63, 3.8) is 0 Å². The van der Waals surface area contributed by atoms with Gasteiger partial charge in [0.1, 0.15) is 5.82 Å². The summed E-state index contributed by atoms with van der Waals surface area (Å²) in [7, 11) is 0. The Hall–Kier alpha value is -1.61. The average Bonchev–Trinajstić information content (AvgIpc) is 1.95. The van der Waals surface area contributed by atoms with E-state index in [0.717, 1.165) is 5.69 Å². The highest BCUT2D eigenvalue weighted by molar-refractivity contribution is 5.31.